The van der Waals surface area contributed by atoms with Crippen molar-refractivity contribution >= 4 is 28.6 Å². The molecule has 0 unspecified atom stereocenters. The molecule has 33 heavy (non-hydrogen) atoms. The quantitative estimate of drug-likeness (QED) is 0.606. The van der Waals surface area contributed by atoms with Crippen LogP contribution in [0.1, 0.15) is 0 Å². The van der Waals surface area contributed by atoms with Crippen molar-refractivity contribution in [3.8, 4) is 17.2 Å². The number of hydrogen-bond donors (Lipinski definition) is 2. The smallest absolute Gasteiger partial charge is 0.321 e. The van der Waals surface area contributed by atoms with E-state index in [2.05, 4.69) is 15.3 Å². The third-order valence-electron chi connectivity index (χ3n) is 5.43. The third-order valence-corrected chi connectivity index (χ3v) is 5.43. The average Bonchev–Trinajstić information content (AvgIpc) is 2.82. The number of rotatable bonds is 5. The van der Waals surface area contributed by atoms with E-state index in [1.807, 2.05) is 4.90 Å². The van der Waals surface area contributed by atoms with Crippen LogP contribution in [-0.4, -0.2) is 68.4 Å². The fraction of sp³-hybridized carbons (Fsp3) is 0.318. The number of aromatic nitrogens is 2. The highest BCUT2D eigenvalue weighted by molar-refractivity contribution is 5.91. The molecular weight excluding hydrogens is 433 g/mol. The van der Waals surface area contributed by atoms with Crippen molar-refractivity contribution in [1.82, 2.24) is 14.9 Å². The second-order valence-electron chi connectivity index (χ2n) is 7.34. The van der Waals surface area contributed by atoms with E-state index in [0.29, 0.717) is 54.8 Å². The molecule has 1 fully saturated rings. The van der Waals surface area contributed by atoms with Gasteiger partial charge >= 0.3 is 6.03 Å². The first-order valence-corrected chi connectivity index (χ1v) is 10.2. The van der Waals surface area contributed by atoms with Gasteiger partial charge in [0.25, 0.3) is 5.56 Å². The number of piperazine rings is 1. The normalized spacial score (nSPS) is 13.7. The number of ether oxygens (including phenoxy) is 3. The lowest BCUT2D eigenvalue weighted by Crippen LogP contribution is -2.50. The fourth-order valence-electron chi connectivity index (χ4n) is 3.80. The van der Waals surface area contributed by atoms with Crippen LogP contribution >= 0.6 is 0 Å². The second kappa shape index (κ2) is 9.23. The van der Waals surface area contributed by atoms with Gasteiger partial charge in [0.05, 0.1) is 26.8 Å². The minimum absolute atomic E-state index is 0.242. The van der Waals surface area contributed by atoms with E-state index >= 15 is 0 Å². The Morgan fingerprint density at radius 2 is 1.79 bits per heavy atom. The summed E-state index contributed by atoms with van der Waals surface area (Å²) < 4.78 is 29.5. The van der Waals surface area contributed by atoms with Crippen LogP contribution in [0.3, 0.4) is 0 Å². The van der Waals surface area contributed by atoms with E-state index in [-0.39, 0.29) is 22.7 Å². The molecular formula is C22H24FN5O5. The molecule has 11 heteroatoms. The van der Waals surface area contributed by atoms with Crippen LogP contribution in [0.25, 0.3) is 10.9 Å². The van der Waals surface area contributed by atoms with Gasteiger partial charge in [-0.15, -0.1) is 0 Å². The van der Waals surface area contributed by atoms with Gasteiger partial charge in [0.15, 0.2) is 11.5 Å². The molecule has 1 aromatic heterocycles. The molecule has 1 aliphatic heterocycles. The van der Waals surface area contributed by atoms with Gasteiger partial charge in [-0.3, -0.25) is 9.78 Å². The Bertz CT molecular complexity index is 1240. The standard InChI is InChI=1S/C22H24FN5O5/c1-31-16-12-15-17(19(33-3)18(16)32-2)20(29)26-21(25-15)27-7-9-28(10-8-27)22(30)24-14-6-4-5-13(23)11-14/h4-6,11-12H,7-10H2,1-3H3,(H,24,30)(H,25,26,29). The summed E-state index contributed by atoms with van der Waals surface area (Å²) in [6, 6.07) is 7.03. The van der Waals surface area contributed by atoms with Gasteiger partial charge in [-0.2, -0.15) is 0 Å². The molecule has 1 aliphatic rings. The first kappa shape index (κ1) is 22.2. The summed E-state index contributed by atoms with van der Waals surface area (Å²) in [5.41, 5.74) is 0.412. The maximum Gasteiger partial charge on any atom is 0.321 e. The second-order valence-corrected chi connectivity index (χ2v) is 7.34. The maximum absolute atomic E-state index is 13.3. The number of fused-ring (bicyclic) bond motifs is 1. The van der Waals surface area contributed by atoms with Crippen LogP contribution in [0.2, 0.25) is 0 Å². The van der Waals surface area contributed by atoms with Crippen LogP contribution in [0.5, 0.6) is 17.2 Å². The Balaban J connectivity index is 1.53. The molecule has 0 radical (unpaired) electrons. The van der Waals surface area contributed by atoms with Crippen molar-refractivity contribution in [3.05, 3.63) is 46.5 Å². The van der Waals surface area contributed by atoms with Gasteiger partial charge in [-0.1, -0.05) is 6.07 Å². The van der Waals surface area contributed by atoms with E-state index in [1.54, 1.807) is 17.0 Å². The number of urea groups is 1. The SMILES string of the molecule is COc1cc2nc(N3CCN(C(=O)Nc4cccc(F)c4)CC3)[nH]c(=O)c2c(OC)c1OC. The number of aromatic amines is 1. The lowest BCUT2D eigenvalue weighted by atomic mass is 10.2. The van der Waals surface area contributed by atoms with Gasteiger partial charge in [-0.25, -0.2) is 14.2 Å². The summed E-state index contributed by atoms with van der Waals surface area (Å²) in [6.45, 7) is 1.71. The van der Waals surface area contributed by atoms with Crippen molar-refractivity contribution in [2.24, 2.45) is 0 Å². The Labute approximate surface area is 188 Å². The largest absolute Gasteiger partial charge is 0.493 e. The molecule has 2 N–H and O–H groups in total. The van der Waals surface area contributed by atoms with Crippen LogP contribution in [0.4, 0.5) is 20.8 Å². The molecule has 4 rings (SSSR count). The van der Waals surface area contributed by atoms with Gasteiger partial charge in [0.2, 0.25) is 11.7 Å². The molecule has 174 valence electrons. The highest BCUT2D eigenvalue weighted by Crippen LogP contribution is 2.41. The van der Waals surface area contributed by atoms with Gasteiger partial charge < -0.3 is 29.3 Å². The monoisotopic (exact) mass is 457 g/mol. The molecule has 2 aromatic carbocycles. The summed E-state index contributed by atoms with van der Waals surface area (Å²) in [6.07, 6.45) is 0. The van der Waals surface area contributed by atoms with Crippen molar-refractivity contribution in [1.29, 1.82) is 0 Å². The molecule has 10 nitrogen and oxygen atoms in total. The summed E-state index contributed by atoms with van der Waals surface area (Å²) in [5, 5.41) is 2.95. The van der Waals surface area contributed by atoms with E-state index < -0.39 is 5.82 Å². The minimum Gasteiger partial charge on any atom is -0.493 e. The Morgan fingerprint density at radius 1 is 1.06 bits per heavy atom. The average molecular weight is 457 g/mol. The molecule has 0 spiro atoms. The molecule has 0 atom stereocenters. The number of hydrogen-bond acceptors (Lipinski definition) is 7. The zero-order valence-corrected chi connectivity index (χ0v) is 18.5. The van der Waals surface area contributed by atoms with E-state index in [0.717, 1.165) is 0 Å². The number of amides is 2. The van der Waals surface area contributed by atoms with Crippen LogP contribution in [0, 0.1) is 5.82 Å². The number of anilines is 2. The Kier molecular flexibility index (Phi) is 6.20. The summed E-state index contributed by atoms with van der Waals surface area (Å²) in [7, 11) is 4.40. The van der Waals surface area contributed by atoms with Crippen molar-refractivity contribution in [2.75, 3.05) is 57.7 Å². The first-order chi connectivity index (χ1) is 15.9. The molecule has 2 amide bonds. The number of methoxy groups -OCH3 is 3. The molecule has 2 heterocycles. The summed E-state index contributed by atoms with van der Waals surface area (Å²) in [5.74, 6) is 0.906. The lowest BCUT2D eigenvalue weighted by Gasteiger charge is -2.35. The molecule has 0 bridgehead atoms. The Morgan fingerprint density at radius 3 is 2.42 bits per heavy atom. The first-order valence-electron chi connectivity index (χ1n) is 10.2. The highest BCUT2D eigenvalue weighted by Gasteiger charge is 2.25. The molecule has 1 saturated heterocycles. The topological polar surface area (TPSA) is 109 Å². The van der Waals surface area contributed by atoms with E-state index in [4.69, 9.17) is 14.2 Å². The maximum atomic E-state index is 13.3. The zero-order chi connectivity index (χ0) is 23.5. The predicted octanol–water partition coefficient (Wildman–Crippen LogP) is 2.44. The number of nitrogens with one attached hydrogen (secondary N) is 2. The lowest BCUT2D eigenvalue weighted by molar-refractivity contribution is 0.208. The molecule has 0 aliphatic carbocycles. The van der Waals surface area contributed by atoms with Crippen molar-refractivity contribution in [3.63, 3.8) is 0 Å². The number of H-pyrrole nitrogens is 1. The number of carbonyl (C=O) groups excluding carboxylic acids is 1. The third kappa shape index (κ3) is 4.34. The number of halogens is 1. The summed E-state index contributed by atoms with van der Waals surface area (Å²) in [4.78, 5) is 36.3. The van der Waals surface area contributed by atoms with E-state index in [9.17, 15) is 14.0 Å². The van der Waals surface area contributed by atoms with Gasteiger partial charge in [0, 0.05) is 37.9 Å². The number of carbonyl (C=O) groups is 1. The summed E-state index contributed by atoms with van der Waals surface area (Å²) >= 11 is 0. The Hall–Kier alpha value is -4.02. The zero-order valence-electron chi connectivity index (χ0n) is 18.5. The van der Waals surface area contributed by atoms with Gasteiger partial charge in [-0.05, 0) is 18.2 Å². The fourth-order valence-corrected chi connectivity index (χ4v) is 3.80. The van der Waals surface area contributed by atoms with Crippen LogP contribution in [0.15, 0.2) is 35.1 Å². The van der Waals surface area contributed by atoms with Crippen molar-refractivity contribution < 1.29 is 23.4 Å². The highest BCUT2D eigenvalue weighted by atomic mass is 19.1. The predicted molar refractivity (Wildman–Crippen MR) is 121 cm³/mol. The van der Waals surface area contributed by atoms with E-state index in [1.165, 1.54) is 39.5 Å². The minimum atomic E-state index is -0.421. The van der Waals surface area contributed by atoms with Crippen molar-refractivity contribution in [2.45, 2.75) is 0 Å². The van der Waals surface area contributed by atoms with Crippen LogP contribution < -0.4 is 30.0 Å². The van der Waals surface area contributed by atoms with Crippen LogP contribution in [-0.2, 0) is 0 Å². The number of benzene rings is 2. The number of nitrogens with zero attached hydrogens (tertiary/aromatic N) is 3. The molecule has 3 aromatic rings. The van der Waals surface area contributed by atoms with Gasteiger partial charge in [0.1, 0.15) is 11.2 Å². The molecule has 0 saturated carbocycles.